The van der Waals surface area contributed by atoms with Gasteiger partial charge in [0.05, 0.1) is 5.69 Å². The molecule has 7 nitrogen and oxygen atoms in total. The van der Waals surface area contributed by atoms with Crippen LogP contribution in [0.2, 0.25) is 0 Å². The maximum atomic E-state index is 12.2. The smallest absolute Gasteiger partial charge is 0.245 e. The molecule has 0 radical (unpaired) electrons. The number of nitrogens with two attached hydrogens (primary N) is 1. The fourth-order valence-corrected chi connectivity index (χ4v) is 2.27. The van der Waals surface area contributed by atoms with E-state index in [0.717, 1.165) is 5.69 Å². The molecule has 1 fully saturated rings. The summed E-state index contributed by atoms with van der Waals surface area (Å²) in [7, 11) is 1.75. The van der Waals surface area contributed by atoms with Crippen molar-refractivity contribution in [3.05, 3.63) is 11.8 Å². The maximum absolute atomic E-state index is 12.2. The molecule has 1 aliphatic rings. The number of aromatic nitrogens is 2. The van der Waals surface area contributed by atoms with E-state index in [9.17, 15) is 9.59 Å². The van der Waals surface area contributed by atoms with Crippen molar-refractivity contribution in [3.8, 4) is 0 Å². The minimum atomic E-state index is -0.427. The van der Waals surface area contributed by atoms with Crippen LogP contribution in [0.5, 0.6) is 0 Å². The van der Waals surface area contributed by atoms with Crippen LogP contribution in [0.1, 0.15) is 12.6 Å². The lowest BCUT2D eigenvalue weighted by Gasteiger charge is -2.37. The van der Waals surface area contributed by atoms with Crippen molar-refractivity contribution in [2.75, 3.05) is 25.9 Å². The molecule has 1 aromatic heterocycles. The van der Waals surface area contributed by atoms with Crippen molar-refractivity contribution >= 4 is 17.6 Å². The highest BCUT2D eigenvalue weighted by Gasteiger charge is 2.32. The Hall–Kier alpha value is -2.05. The third-order valence-corrected chi connectivity index (χ3v) is 3.42. The van der Waals surface area contributed by atoms with E-state index < -0.39 is 6.04 Å². The van der Waals surface area contributed by atoms with Gasteiger partial charge in [-0.25, -0.2) is 4.68 Å². The number of hydrogen-bond acceptors (Lipinski definition) is 4. The predicted octanol–water partition coefficient (Wildman–Crippen LogP) is -0.537. The van der Waals surface area contributed by atoms with Gasteiger partial charge in [0.2, 0.25) is 11.8 Å². The molecule has 0 saturated carbocycles. The Kier molecular flexibility index (Phi) is 3.46. The summed E-state index contributed by atoms with van der Waals surface area (Å²) >= 11 is 0. The van der Waals surface area contributed by atoms with E-state index in [-0.39, 0.29) is 18.4 Å². The number of rotatable bonds is 2. The van der Waals surface area contributed by atoms with Gasteiger partial charge in [-0.3, -0.25) is 9.59 Å². The standard InChI is InChI=1S/C12H19N5O2/c1-8-6-10(13)17(14-8)7-11(18)16-5-4-15(3)12(19)9(16)2/h6,9H,4-5,7,13H2,1-3H3. The summed E-state index contributed by atoms with van der Waals surface area (Å²) in [6.45, 7) is 4.73. The Balaban J connectivity index is 2.08. The molecule has 1 aliphatic heterocycles. The zero-order chi connectivity index (χ0) is 14.2. The minimum Gasteiger partial charge on any atom is -0.384 e. The first-order valence-corrected chi connectivity index (χ1v) is 6.24. The zero-order valence-corrected chi connectivity index (χ0v) is 11.5. The van der Waals surface area contributed by atoms with Crippen molar-refractivity contribution in [3.63, 3.8) is 0 Å². The Morgan fingerprint density at radius 2 is 2.21 bits per heavy atom. The Bertz CT molecular complexity index is 510. The highest BCUT2D eigenvalue weighted by Crippen LogP contribution is 2.12. The van der Waals surface area contributed by atoms with Crippen LogP contribution < -0.4 is 5.73 Å². The van der Waals surface area contributed by atoms with E-state index in [1.807, 2.05) is 6.92 Å². The molecule has 2 N–H and O–H groups in total. The predicted molar refractivity (Wildman–Crippen MR) is 70.2 cm³/mol. The first-order chi connectivity index (χ1) is 8.90. The van der Waals surface area contributed by atoms with Gasteiger partial charge in [0.1, 0.15) is 18.4 Å². The van der Waals surface area contributed by atoms with Gasteiger partial charge in [-0.2, -0.15) is 5.10 Å². The molecule has 1 atom stereocenters. The summed E-state index contributed by atoms with van der Waals surface area (Å²) in [5.41, 5.74) is 6.53. The summed E-state index contributed by atoms with van der Waals surface area (Å²) in [4.78, 5) is 27.3. The van der Waals surface area contributed by atoms with Crippen LogP contribution in [0.3, 0.4) is 0 Å². The summed E-state index contributed by atoms with van der Waals surface area (Å²) in [5, 5.41) is 4.15. The third-order valence-electron chi connectivity index (χ3n) is 3.42. The van der Waals surface area contributed by atoms with Gasteiger partial charge in [0, 0.05) is 26.2 Å². The number of nitrogen functional groups attached to an aromatic ring is 1. The molecule has 104 valence electrons. The SMILES string of the molecule is Cc1cc(N)n(CC(=O)N2CCN(C)C(=O)C2C)n1. The Labute approximate surface area is 111 Å². The fourth-order valence-electron chi connectivity index (χ4n) is 2.27. The minimum absolute atomic E-state index is 0.0378. The zero-order valence-electron chi connectivity index (χ0n) is 11.5. The Morgan fingerprint density at radius 3 is 2.79 bits per heavy atom. The average molecular weight is 265 g/mol. The summed E-state index contributed by atoms with van der Waals surface area (Å²) in [5.74, 6) is 0.284. The second-order valence-corrected chi connectivity index (χ2v) is 4.89. The Morgan fingerprint density at radius 1 is 1.53 bits per heavy atom. The molecular formula is C12H19N5O2. The van der Waals surface area contributed by atoms with Crippen LogP contribution in [0.4, 0.5) is 5.82 Å². The molecular weight excluding hydrogens is 246 g/mol. The molecule has 19 heavy (non-hydrogen) atoms. The van der Waals surface area contributed by atoms with Crippen LogP contribution in [-0.4, -0.2) is 57.6 Å². The van der Waals surface area contributed by atoms with Crippen molar-refractivity contribution in [1.82, 2.24) is 19.6 Å². The van der Waals surface area contributed by atoms with Gasteiger partial charge >= 0.3 is 0 Å². The molecule has 2 amide bonds. The van der Waals surface area contributed by atoms with E-state index in [2.05, 4.69) is 5.10 Å². The van der Waals surface area contributed by atoms with E-state index >= 15 is 0 Å². The first-order valence-electron chi connectivity index (χ1n) is 6.24. The lowest BCUT2D eigenvalue weighted by Crippen LogP contribution is -2.56. The summed E-state index contributed by atoms with van der Waals surface area (Å²) in [6.07, 6.45) is 0. The van der Waals surface area contributed by atoms with E-state index in [1.54, 1.807) is 29.8 Å². The highest BCUT2D eigenvalue weighted by atomic mass is 16.2. The van der Waals surface area contributed by atoms with Crippen LogP contribution >= 0.6 is 0 Å². The van der Waals surface area contributed by atoms with Crippen LogP contribution in [0.15, 0.2) is 6.07 Å². The van der Waals surface area contributed by atoms with E-state index in [1.165, 1.54) is 4.68 Å². The van der Waals surface area contributed by atoms with Crippen LogP contribution in [-0.2, 0) is 16.1 Å². The molecule has 7 heteroatoms. The molecule has 2 heterocycles. The number of amides is 2. The second-order valence-electron chi connectivity index (χ2n) is 4.89. The van der Waals surface area contributed by atoms with Crippen molar-refractivity contribution in [2.24, 2.45) is 0 Å². The number of hydrogen-bond donors (Lipinski definition) is 1. The number of nitrogens with zero attached hydrogens (tertiary/aromatic N) is 4. The lowest BCUT2D eigenvalue weighted by molar-refractivity contribution is -0.149. The van der Waals surface area contributed by atoms with Gasteiger partial charge < -0.3 is 15.5 Å². The third kappa shape index (κ3) is 2.54. The van der Waals surface area contributed by atoms with E-state index in [0.29, 0.717) is 18.9 Å². The normalized spacial score (nSPS) is 19.9. The average Bonchev–Trinajstić information content (AvgIpc) is 2.65. The molecule has 0 bridgehead atoms. The number of carbonyl (C=O) groups is 2. The molecule has 1 unspecified atom stereocenters. The van der Waals surface area contributed by atoms with Crippen molar-refractivity contribution in [1.29, 1.82) is 0 Å². The first kappa shape index (κ1) is 13.4. The number of carbonyl (C=O) groups excluding carboxylic acids is 2. The number of likely N-dealkylation sites (N-methyl/N-ethyl adjacent to an activating group) is 1. The molecule has 2 rings (SSSR count). The summed E-state index contributed by atoms with van der Waals surface area (Å²) < 4.78 is 1.47. The molecule has 1 aromatic rings. The van der Waals surface area contributed by atoms with Crippen LogP contribution in [0, 0.1) is 6.92 Å². The van der Waals surface area contributed by atoms with Gasteiger partial charge in [0.15, 0.2) is 0 Å². The number of anilines is 1. The molecule has 0 aromatic carbocycles. The van der Waals surface area contributed by atoms with Gasteiger partial charge in [-0.15, -0.1) is 0 Å². The number of aryl methyl sites for hydroxylation is 1. The molecule has 0 spiro atoms. The largest absolute Gasteiger partial charge is 0.384 e. The molecule has 0 aliphatic carbocycles. The van der Waals surface area contributed by atoms with Crippen molar-refractivity contribution < 1.29 is 9.59 Å². The lowest BCUT2D eigenvalue weighted by atomic mass is 10.2. The topological polar surface area (TPSA) is 84.5 Å². The van der Waals surface area contributed by atoms with E-state index in [4.69, 9.17) is 5.73 Å². The summed E-state index contributed by atoms with van der Waals surface area (Å²) in [6, 6.07) is 1.29. The van der Waals surface area contributed by atoms with Crippen LogP contribution in [0.25, 0.3) is 0 Å². The maximum Gasteiger partial charge on any atom is 0.245 e. The quantitative estimate of drug-likeness (QED) is 0.778. The number of piperazine rings is 1. The van der Waals surface area contributed by atoms with Gasteiger partial charge in [-0.1, -0.05) is 0 Å². The van der Waals surface area contributed by atoms with Crippen molar-refractivity contribution in [2.45, 2.75) is 26.4 Å². The monoisotopic (exact) mass is 265 g/mol. The van der Waals surface area contributed by atoms with Gasteiger partial charge in [-0.05, 0) is 13.8 Å². The second kappa shape index (κ2) is 4.91. The highest BCUT2D eigenvalue weighted by molar-refractivity contribution is 5.88. The van der Waals surface area contributed by atoms with Gasteiger partial charge in [0.25, 0.3) is 0 Å². The molecule has 1 saturated heterocycles. The fraction of sp³-hybridized carbons (Fsp3) is 0.583.